The minimum Gasteiger partial charge on any atom is -0.376 e. The second-order valence-electron chi connectivity index (χ2n) is 6.07. The first-order valence-corrected chi connectivity index (χ1v) is 8.37. The smallest absolute Gasteiger partial charge is 0.274 e. The van der Waals surface area contributed by atoms with Gasteiger partial charge in [-0.2, -0.15) is 0 Å². The predicted octanol–water partition coefficient (Wildman–Crippen LogP) is 2.55. The molecule has 1 fully saturated rings. The molecular weight excluding hydrogens is 318 g/mol. The Balaban J connectivity index is 1.62. The normalized spacial score (nSPS) is 16.4. The van der Waals surface area contributed by atoms with Crippen LogP contribution in [0, 0.1) is 6.92 Å². The van der Waals surface area contributed by atoms with Crippen LogP contribution in [0.15, 0.2) is 42.5 Å². The summed E-state index contributed by atoms with van der Waals surface area (Å²) in [6.07, 6.45) is 2.04. The number of carbonyl (C=O) groups excluding carboxylic acids is 2. The molecule has 1 aromatic heterocycles. The number of benzene rings is 1. The summed E-state index contributed by atoms with van der Waals surface area (Å²) in [5.41, 5.74) is 2.21. The van der Waals surface area contributed by atoms with Crippen LogP contribution in [0.25, 0.3) is 0 Å². The predicted molar refractivity (Wildman–Crippen MR) is 94.7 cm³/mol. The molecule has 0 spiro atoms. The van der Waals surface area contributed by atoms with Crippen molar-refractivity contribution < 1.29 is 14.3 Å². The summed E-state index contributed by atoms with van der Waals surface area (Å²) >= 11 is 0. The van der Waals surface area contributed by atoms with Gasteiger partial charge in [0.1, 0.15) is 11.4 Å². The molecule has 0 saturated carbocycles. The van der Waals surface area contributed by atoms with Crippen LogP contribution in [0.2, 0.25) is 0 Å². The fourth-order valence-corrected chi connectivity index (χ4v) is 2.62. The highest BCUT2D eigenvalue weighted by Crippen LogP contribution is 2.12. The number of pyridine rings is 1. The Morgan fingerprint density at radius 1 is 1.12 bits per heavy atom. The number of ether oxygens (including phenoxy) is 1. The number of nitrogens with zero attached hydrogens (tertiary/aromatic N) is 1. The zero-order valence-electron chi connectivity index (χ0n) is 14.1. The number of anilines is 1. The van der Waals surface area contributed by atoms with E-state index in [2.05, 4.69) is 15.6 Å². The van der Waals surface area contributed by atoms with Gasteiger partial charge in [0.05, 0.1) is 6.10 Å². The molecule has 130 valence electrons. The largest absolute Gasteiger partial charge is 0.376 e. The summed E-state index contributed by atoms with van der Waals surface area (Å²) in [6, 6.07) is 12.3. The van der Waals surface area contributed by atoms with Gasteiger partial charge in [-0.3, -0.25) is 9.59 Å². The number of rotatable bonds is 5. The average molecular weight is 339 g/mol. The number of aryl methyl sites for hydroxylation is 1. The molecule has 1 aromatic carbocycles. The summed E-state index contributed by atoms with van der Waals surface area (Å²) in [5, 5.41) is 5.58. The second-order valence-corrected chi connectivity index (χ2v) is 6.07. The third kappa shape index (κ3) is 4.64. The first-order valence-electron chi connectivity index (χ1n) is 8.37. The maximum absolute atomic E-state index is 12.3. The lowest BCUT2D eigenvalue weighted by molar-refractivity contribution is 0.0853. The molecule has 1 aliphatic rings. The van der Waals surface area contributed by atoms with Crippen LogP contribution >= 0.6 is 0 Å². The van der Waals surface area contributed by atoms with Gasteiger partial charge < -0.3 is 15.4 Å². The summed E-state index contributed by atoms with van der Waals surface area (Å²) in [5.74, 6) is -0.655. The quantitative estimate of drug-likeness (QED) is 0.877. The molecule has 2 heterocycles. The lowest BCUT2D eigenvalue weighted by Crippen LogP contribution is -2.32. The first kappa shape index (κ1) is 17.1. The van der Waals surface area contributed by atoms with Gasteiger partial charge >= 0.3 is 0 Å². The molecule has 2 amide bonds. The van der Waals surface area contributed by atoms with E-state index in [4.69, 9.17) is 4.74 Å². The van der Waals surface area contributed by atoms with Crippen LogP contribution in [0.4, 0.5) is 5.69 Å². The molecule has 1 unspecified atom stereocenters. The van der Waals surface area contributed by atoms with Gasteiger partial charge in [0, 0.05) is 18.8 Å². The summed E-state index contributed by atoms with van der Waals surface area (Å²) < 4.78 is 5.48. The molecule has 0 aliphatic carbocycles. The van der Waals surface area contributed by atoms with Gasteiger partial charge in [-0.25, -0.2) is 4.98 Å². The molecule has 6 heteroatoms. The highest BCUT2D eigenvalue weighted by atomic mass is 16.5. The molecule has 6 nitrogen and oxygen atoms in total. The molecule has 0 radical (unpaired) electrons. The van der Waals surface area contributed by atoms with Crippen molar-refractivity contribution >= 4 is 17.5 Å². The van der Waals surface area contributed by atoms with Crippen molar-refractivity contribution in [2.24, 2.45) is 0 Å². The SMILES string of the molecule is Cc1ccc(NC(=O)c2cccc(C(=O)NCC3CCCO3)n2)cc1. The molecule has 0 bridgehead atoms. The van der Waals surface area contributed by atoms with E-state index in [1.54, 1.807) is 18.2 Å². The van der Waals surface area contributed by atoms with Crippen LogP contribution in [-0.2, 0) is 4.74 Å². The highest BCUT2D eigenvalue weighted by Gasteiger charge is 2.18. The maximum atomic E-state index is 12.3. The van der Waals surface area contributed by atoms with Crippen molar-refractivity contribution in [2.45, 2.75) is 25.9 Å². The summed E-state index contributed by atoms with van der Waals surface area (Å²) in [7, 11) is 0. The van der Waals surface area contributed by atoms with Gasteiger partial charge in [0.15, 0.2) is 0 Å². The van der Waals surface area contributed by atoms with Crippen molar-refractivity contribution in [3.05, 3.63) is 59.4 Å². The first-order chi connectivity index (χ1) is 12.1. The molecule has 1 saturated heterocycles. The zero-order chi connectivity index (χ0) is 17.6. The third-order valence-electron chi connectivity index (χ3n) is 4.04. The zero-order valence-corrected chi connectivity index (χ0v) is 14.1. The van der Waals surface area contributed by atoms with E-state index in [1.165, 1.54) is 0 Å². The Labute approximate surface area is 146 Å². The number of nitrogens with one attached hydrogen (secondary N) is 2. The Morgan fingerprint density at radius 3 is 2.52 bits per heavy atom. The minimum atomic E-state index is -0.349. The molecular formula is C19H21N3O3. The van der Waals surface area contributed by atoms with Gasteiger partial charge in [-0.05, 0) is 44.0 Å². The van der Waals surface area contributed by atoms with E-state index >= 15 is 0 Å². The minimum absolute atomic E-state index is 0.0666. The number of hydrogen-bond acceptors (Lipinski definition) is 4. The fourth-order valence-electron chi connectivity index (χ4n) is 2.62. The Kier molecular flexibility index (Phi) is 5.40. The van der Waals surface area contributed by atoms with Gasteiger partial charge in [-0.1, -0.05) is 23.8 Å². The molecule has 25 heavy (non-hydrogen) atoms. The molecule has 2 N–H and O–H groups in total. The molecule has 1 atom stereocenters. The Bertz CT molecular complexity index is 753. The lowest BCUT2D eigenvalue weighted by Gasteiger charge is -2.11. The van der Waals surface area contributed by atoms with Crippen molar-refractivity contribution in [3.63, 3.8) is 0 Å². The topological polar surface area (TPSA) is 80.3 Å². The maximum Gasteiger partial charge on any atom is 0.274 e. The number of hydrogen-bond donors (Lipinski definition) is 2. The van der Waals surface area contributed by atoms with E-state index in [0.717, 1.165) is 25.0 Å². The van der Waals surface area contributed by atoms with E-state index in [1.807, 2.05) is 31.2 Å². The molecule has 2 aromatic rings. The number of carbonyl (C=O) groups is 2. The van der Waals surface area contributed by atoms with Crippen LogP contribution in [0.3, 0.4) is 0 Å². The van der Waals surface area contributed by atoms with Crippen molar-refractivity contribution in [1.29, 1.82) is 0 Å². The summed E-state index contributed by atoms with van der Waals surface area (Å²) in [4.78, 5) is 28.7. The van der Waals surface area contributed by atoms with Crippen LogP contribution in [0.5, 0.6) is 0 Å². The fraction of sp³-hybridized carbons (Fsp3) is 0.316. The number of amides is 2. The third-order valence-corrected chi connectivity index (χ3v) is 4.04. The second kappa shape index (κ2) is 7.90. The van der Waals surface area contributed by atoms with Gasteiger partial charge in [0.2, 0.25) is 0 Å². The van der Waals surface area contributed by atoms with Crippen LogP contribution in [-0.4, -0.2) is 36.1 Å². The lowest BCUT2D eigenvalue weighted by atomic mass is 10.2. The highest BCUT2D eigenvalue weighted by molar-refractivity contribution is 6.03. The number of aromatic nitrogens is 1. The van der Waals surface area contributed by atoms with Gasteiger partial charge in [0.25, 0.3) is 11.8 Å². The molecule has 3 rings (SSSR count). The van der Waals surface area contributed by atoms with Crippen LogP contribution < -0.4 is 10.6 Å². The monoisotopic (exact) mass is 339 g/mol. The summed E-state index contributed by atoms with van der Waals surface area (Å²) in [6.45, 7) is 3.18. The Morgan fingerprint density at radius 2 is 1.84 bits per heavy atom. The van der Waals surface area contributed by atoms with Crippen molar-refractivity contribution in [3.8, 4) is 0 Å². The van der Waals surface area contributed by atoms with Crippen molar-refractivity contribution in [2.75, 3.05) is 18.5 Å². The van der Waals surface area contributed by atoms with Gasteiger partial charge in [-0.15, -0.1) is 0 Å². The average Bonchev–Trinajstić information content (AvgIpc) is 3.15. The van der Waals surface area contributed by atoms with E-state index < -0.39 is 0 Å². The van der Waals surface area contributed by atoms with E-state index in [-0.39, 0.29) is 29.3 Å². The van der Waals surface area contributed by atoms with E-state index in [9.17, 15) is 9.59 Å². The standard InChI is InChI=1S/C19H21N3O3/c1-13-7-9-14(10-8-13)21-19(24)17-6-2-5-16(22-17)18(23)20-12-15-4-3-11-25-15/h2,5-10,15H,3-4,11-12H2,1H3,(H,20,23)(H,21,24). The van der Waals surface area contributed by atoms with Crippen molar-refractivity contribution in [1.82, 2.24) is 10.3 Å². The Hall–Kier alpha value is -2.73. The van der Waals surface area contributed by atoms with Crippen LogP contribution in [0.1, 0.15) is 39.4 Å². The van der Waals surface area contributed by atoms with E-state index in [0.29, 0.717) is 12.2 Å². The molecule has 1 aliphatic heterocycles.